The molecule has 37 heavy (non-hydrogen) atoms. The molecule has 1 aromatic rings. The monoisotopic (exact) mass is 529 g/mol. The van der Waals surface area contributed by atoms with Gasteiger partial charge in [0, 0.05) is 13.1 Å². The van der Waals surface area contributed by atoms with Gasteiger partial charge in [-0.2, -0.15) is 13.2 Å². The maximum atomic E-state index is 13.4. The number of hydrogen-bond acceptors (Lipinski definition) is 6. The molecule has 0 radical (unpaired) electrons. The summed E-state index contributed by atoms with van der Waals surface area (Å²) >= 11 is 0. The second-order valence-corrected chi connectivity index (χ2v) is 8.83. The summed E-state index contributed by atoms with van der Waals surface area (Å²) in [5.74, 6) is -4.20. The molecule has 3 atom stereocenters. The zero-order chi connectivity index (χ0) is 27.4. The Hall–Kier alpha value is -3.15. The lowest BCUT2D eigenvalue weighted by Gasteiger charge is -2.30. The first kappa shape index (κ1) is 30.1. The Bertz CT molecular complexity index is 913. The minimum Gasteiger partial charge on any atom is -0.480 e. The molecular formula is C25H34F3N3O6. The zero-order valence-electron chi connectivity index (χ0n) is 20.8. The number of unbranched alkanes of at least 4 members (excludes halogenated alkanes) is 1. The fourth-order valence-electron chi connectivity index (χ4n) is 4.25. The van der Waals surface area contributed by atoms with E-state index in [9.17, 15) is 37.5 Å². The van der Waals surface area contributed by atoms with Crippen molar-refractivity contribution >= 4 is 23.8 Å². The van der Waals surface area contributed by atoms with Crippen molar-refractivity contribution in [1.82, 2.24) is 15.5 Å². The van der Waals surface area contributed by atoms with E-state index in [0.717, 1.165) is 5.56 Å². The van der Waals surface area contributed by atoms with Crippen molar-refractivity contribution in [3.63, 3.8) is 0 Å². The average molecular weight is 530 g/mol. The Balaban J connectivity index is 2.11. The van der Waals surface area contributed by atoms with Gasteiger partial charge in [-0.1, -0.05) is 30.3 Å². The van der Waals surface area contributed by atoms with Crippen LogP contribution in [0.15, 0.2) is 30.3 Å². The lowest BCUT2D eigenvalue weighted by Crippen LogP contribution is -2.54. The second kappa shape index (κ2) is 14.6. The van der Waals surface area contributed by atoms with Crippen LogP contribution < -0.4 is 10.6 Å². The Morgan fingerprint density at radius 3 is 2.43 bits per heavy atom. The number of amides is 2. The van der Waals surface area contributed by atoms with Crippen LogP contribution in [0.2, 0.25) is 0 Å². The van der Waals surface area contributed by atoms with Gasteiger partial charge in [0.25, 0.3) is 0 Å². The molecule has 12 heteroatoms. The third-order valence-corrected chi connectivity index (χ3v) is 6.12. The predicted octanol–water partition coefficient (Wildman–Crippen LogP) is 2.43. The molecule has 0 saturated carbocycles. The van der Waals surface area contributed by atoms with Crippen LogP contribution >= 0.6 is 0 Å². The highest BCUT2D eigenvalue weighted by Crippen LogP contribution is 2.21. The maximum absolute atomic E-state index is 13.4. The first-order chi connectivity index (χ1) is 17.5. The van der Waals surface area contributed by atoms with Gasteiger partial charge in [-0.15, -0.1) is 0 Å². The highest BCUT2D eigenvalue weighted by Gasteiger charge is 2.39. The van der Waals surface area contributed by atoms with Crippen molar-refractivity contribution in [3.8, 4) is 0 Å². The molecule has 0 aliphatic carbocycles. The fraction of sp³-hybridized carbons (Fsp3) is 0.600. The summed E-state index contributed by atoms with van der Waals surface area (Å²) in [5, 5.41) is 14.3. The number of esters is 1. The van der Waals surface area contributed by atoms with Crippen LogP contribution in [-0.2, 0) is 30.3 Å². The molecule has 1 heterocycles. The lowest BCUT2D eigenvalue weighted by atomic mass is 10.0. The number of carboxylic acids is 1. The number of hydrogen-bond donors (Lipinski definition) is 3. The summed E-state index contributed by atoms with van der Waals surface area (Å²) in [6, 6.07) is 6.62. The van der Waals surface area contributed by atoms with Crippen LogP contribution in [0, 0.1) is 0 Å². The number of nitrogens with zero attached hydrogens (tertiary/aromatic N) is 1. The Morgan fingerprint density at radius 1 is 1.11 bits per heavy atom. The van der Waals surface area contributed by atoms with Gasteiger partial charge in [0.05, 0.1) is 12.6 Å². The third-order valence-electron chi connectivity index (χ3n) is 6.12. The SMILES string of the molecule is CCOC(=O)C(CCc1ccccc1)NC(CCCCNC(=O)C(F)(F)F)C(=O)N1CCCC1C(=O)O. The summed E-state index contributed by atoms with van der Waals surface area (Å²) in [6.45, 7) is 1.80. The van der Waals surface area contributed by atoms with Gasteiger partial charge in [0.1, 0.15) is 12.1 Å². The van der Waals surface area contributed by atoms with Crippen molar-refractivity contribution in [2.75, 3.05) is 19.7 Å². The number of halogens is 3. The number of likely N-dealkylation sites (tertiary alicyclic amines) is 1. The number of carbonyl (C=O) groups is 4. The molecule has 9 nitrogen and oxygen atoms in total. The molecule has 3 N–H and O–H groups in total. The van der Waals surface area contributed by atoms with Crippen molar-refractivity contribution in [3.05, 3.63) is 35.9 Å². The standard InChI is InChI=1S/C25H34F3N3O6/c1-2-37-23(35)19(14-13-17-9-4-3-5-10-17)30-18(11-6-7-15-29-24(36)25(26,27)28)21(32)31-16-8-12-20(31)22(33)34/h3-5,9-10,18-20,30H,2,6-8,11-16H2,1H3,(H,29,36)(H,33,34). The molecule has 0 spiro atoms. The average Bonchev–Trinajstić information content (AvgIpc) is 3.35. The van der Waals surface area contributed by atoms with Crippen LogP contribution in [0.1, 0.15) is 51.0 Å². The summed E-state index contributed by atoms with van der Waals surface area (Å²) < 4.78 is 42.3. The van der Waals surface area contributed by atoms with E-state index in [1.807, 2.05) is 30.3 Å². The quantitative estimate of drug-likeness (QED) is 0.250. The Morgan fingerprint density at radius 2 is 1.81 bits per heavy atom. The van der Waals surface area contributed by atoms with Crippen LogP contribution in [0.25, 0.3) is 0 Å². The molecular weight excluding hydrogens is 495 g/mol. The molecule has 0 bridgehead atoms. The maximum Gasteiger partial charge on any atom is 0.471 e. The fourth-order valence-corrected chi connectivity index (χ4v) is 4.25. The van der Waals surface area contributed by atoms with Crippen molar-refractivity contribution < 1.29 is 42.2 Å². The van der Waals surface area contributed by atoms with Gasteiger partial charge < -0.3 is 20.1 Å². The van der Waals surface area contributed by atoms with Gasteiger partial charge >= 0.3 is 24.0 Å². The van der Waals surface area contributed by atoms with Crippen molar-refractivity contribution in [2.24, 2.45) is 0 Å². The van der Waals surface area contributed by atoms with Crippen LogP contribution in [0.5, 0.6) is 0 Å². The smallest absolute Gasteiger partial charge is 0.471 e. The molecule has 1 aromatic carbocycles. The molecule has 206 valence electrons. The highest BCUT2D eigenvalue weighted by molar-refractivity contribution is 5.88. The molecule has 3 unspecified atom stereocenters. The van der Waals surface area contributed by atoms with Crippen LogP contribution in [-0.4, -0.2) is 77.8 Å². The third kappa shape index (κ3) is 9.67. The van der Waals surface area contributed by atoms with E-state index in [1.165, 1.54) is 4.90 Å². The van der Waals surface area contributed by atoms with Crippen molar-refractivity contribution in [1.29, 1.82) is 0 Å². The number of ether oxygens (including phenoxy) is 1. The number of aryl methyl sites for hydroxylation is 1. The van der Waals surface area contributed by atoms with E-state index < -0.39 is 48.1 Å². The van der Waals surface area contributed by atoms with E-state index in [4.69, 9.17) is 4.74 Å². The van der Waals surface area contributed by atoms with E-state index in [1.54, 1.807) is 12.2 Å². The number of nitrogens with one attached hydrogen (secondary N) is 2. The Labute approximate surface area is 213 Å². The molecule has 2 amide bonds. The summed E-state index contributed by atoms with van der Waals surface area (Å²) in [7, 11) is 0. The molecule has 1 fully saturated rings. The van der Waals surface area contributed by atoms with Gasteiger partial charge in [-0.25, -0.2) is 4.79 Å². The van der Waals surface area contributed by atoms with Gasteiger partial charge in [-0.3, -0.25) is 19.7 Å². The van der Waals surface area contributed by atoms with E-state index in [2.05, 4.69) is 5.32 Å². The van der Waals surface area contributed by atoms with Crippen LogP contribution in [0.3, 0.4) is 0 Å². The number of rotatable bonds is 14. The lowest BCUT2D eigenvalue weighted by molar-refractivity contribution is -0.173. The number of benzene rings is 1. The van der Waals surface area contributed by atoms with E-state index >= 15 is 0 Å². The highest BCUT2D eigenvalue weighted by atomic mass is 19.4. The summed E-state index contributed by atoms with van der Waals surface area (Å²) in [5.41, 5.74) is 0.979. The van der Waals surface area contributed by atoms with Gasteiger partial charge in [0.2, 0.25) is 5.91 Å². The molecule has 1 aliphatic rings. The van der Waals surface area contributed by atoms with Gasteiger partial charge in [0.15, 0.2) is 0 Å². The Kier molecular flexibility index (Phi) is 11.8. The largest absolute Gasteiger partial charge is 0.480 e. The molecule has 1 aliphatic heterocycles. The van der Waals surface area contributed by atoms with Crippen molar-refractivity contribution in [2.45, 2.75) is 76.2 Å². The zero-order valence-corrected chi connectivity index (χ0v) is 20.8. The normalized spacial score (nSPS) is 17.2. The van der Waals surface area contributed by atoms with Gasteiger partial charge in [-0.05, 0) is 57.4 Å². The first-order valence-electron chi connectivity index (χ1n) is 12.4. The number of carboxylic acid groups (broad SMARTS) is 1. The first-order valence-corrected chi connectivity index (χ1v) is 12.4. The van der Waals surface area contributed by atoms with E-state index in [0.29, 0.717) is 25.7 Å². The molecule has 1 saturated heterocycles. The van der Waals surface area contributed by atoms with E-state index in [-0.39, 0.29) is 39.0 Å². The molecule has 0 aromatic heterocycles. The number of carbonyl (C=O) groups excluding carboxylic acids is 3. The second-order valence-electron chi connectivity index (χ2n) is 8.83. The van der Waals surface area contributed by atoms with Crippen LogP contribution in [0.4, 0.5) is 13.2 Å². The molecule has 2 rings (SSSR count). The summed E-state index contributed by atoms with van der Waals surface area (Å²) in [6.07, 6.45) is -2.77. The predicted molar refractivity (Wildman–Crippen MR) is 127 cm³/mol. The minimum absolute atomic E-state index is 0.130. The minimum atomic E-state index is -4.98. The number of alkyl halides is 3. The summed E-state index contributed by atoms with van der Waals surface area (Å²) in [4.78, 5) is 50.0. The number of aliphatic carboxylic acids is 1. The topological polar surface area (TPSA) is 125 Å².